The second kappa shape index (κ2) is 5.34. The molecule has 1 heterocycles. The predicted octanol–water partition coefficient (Wildman–Crippen LogP) is 2.95. The molecule has 2 rings (SSSR count). The van der Waals surface area contributed by atoms with E-state index >= 15 is 0 Å². The van der Waals surface area contributed by atoms with Gasteiger partial charge in [0, 0.05) is 11.4 Å². The Morgan fingerprint density at radius 2 is 2.29 bits per heavy atom. The van der Waals surface area contributed by atoms with E-state index in [4.69, 9.17) is 16.3 Å². The van der Waals surface area contributed by atoms with Gasteiger partial charge >= 0.3 is 0 Å². The third-order valence-electron chi connectivity index (χ3n) is 3.14. The molecule has 1 aliphatic rings. The zero-order chi connectivity index (χ0) is 12.4. The molecule has 0 aromatic heterocycles. The first-order valence-electron chi connectivity index (χ1n) is 5.83. The summed E-state index contributed by atoms with van der Waals surface area (Å²) in [5.41, 5.74) is 0.753. The van der Waals surface area contributed by atoms with E-state index in [2.05, 4.69) is 0 Å². The second-order valence-electron chi connectivity index (χ2n) is 4.57. The van der Waals surface area contributed by atoms with E-state index in [1.54, 1.807) is 6.07 Å². The van der Waals surface area contributed by atoms with Crippen molar-refractivity contribution in [2.75, 3.05) is 0 Å². The lowest BCUT2D eigenvalue weighted by Gasteiger charge is -2.18. The molecular weight excluding hydrogens is 243 g/mol. The third-order valence-corrected chi connectivity index (χ3v) is 3.49. The van der Waals surface area contributed by atoms with E-state index < -0.39 is 6.10 Å². The number of rotatable bonds is 3. The van der Waals surface area contributed by atoms with E-state index in [0.29, 0.717) is 11.4 Å². The summed E-state index contributed by atoms with van der Waals surface area (Å²) in [5, 5.41) is 10.4. The molecule has 1 aliphatic heterocycles. The average molecular weight is 259 g/mol. The van der Waals surface area contributed by atoms with Gasteiger partial charge in [0.05, 0.1) is 18.3 Å². The molecule has 1 saturated heterocycles. The quantitative estimate of drug-likeness (QED) is 0.903. The Bertz CT molecular complexity index is 397. The fourth-order valence-corrected chi connectivity index (χ4v) is 2.40. The lowest BCUT2D eigenvalue weighted by molar-refractivity contribution is -0.0278. The average Bonchev–Trinajstić information content (AvgIpc) is 2.69. The normalized spacial score (nSPS) is 26.1. The molecule has 0 bridgehead atoms. The Hall–Kier alpha value is -0.640. The van der Waals surface area contributed by atoms with Crippen LogP contribution in [0.25, 0.3) is 0 Å². The van der Waals surface area contributed by atoms with Crippen LogP contribution in [-0.2, 0) is 11.2 Å². The smallest absolute Gasteiger partial charge is 0.124 e. The Morgan fingerprint density at radius 3 is 2.88 bits per heavy atom. The zero-order valence-electron chi connectivity index (χ0n) is 9.70. The summed E-state index contributed by atoms with van der Waals surface area (Å²) in [6.07, 6.45) is 1.73. The van der Waals surface area contributed by atoms with Gasteiger partial charge in [-0.3, -0.25) is 0 Å². The molecule has 0 radical (unpaired) electrons. The zero-order valence-corrected chi connectivity index (χ0v) is 10.5. The summed E-state index contributed by atoms with van der Waals surface area (Å²) in [4.78, 5) is 0. The van der Waals surface area contributed by atoms with Gasteiger partial charge in [-0.2, -0.15) is 0 Å². The Morgan fingerprint density at radius 1 is 1.53 bits per heavy atom. The molecule has 2 nitrogen and oxygen atoms in total. The van der Waals surface area contributed by atoms with Crippen LogP contribution in [0.15, 0.2) is 18.2 Å². The highest BCUT2D eigenvalue weighted by atomic mass is 35.5. The molecule has 1 N–H and O–H groups in total. The van der Waals surface area contributed by atoms with Crippen LogP contribution in [0.1, 0.15) is 25.3 Å². The highest BCUT2D eigenvalue weighted by Gasteiger charge is 2.28. The maximum Gasteiger partial charge on any atom is 0.124 e. The van der Waals surface area contributed by atoms with Crippen molar-refractivity contribution in [2.45, 2.75) is 44.5 Å². The molecule has 3 atom stereocenters. The van der Waals surface area contributed by atoms with Crippen molar-refractivity contribution in [3.8, 4) is 0 Å². The molecule has 17 heavy (non-hydrogen) atoms. The SMILES string of the molecule is CC1CCC(C(O)Cc2ccc(F)cc2Cl)O1. The summed E-state index contributed by atoms with van der Waals surface area (Å²) in [6.45, 7) is 2.00. The van der Waals surface area contributed by atoms with Crippen molar-refractivity contribution >= 4 is 11.6 Å². The minimum absolute atomic E-state index is 0.133. The number of ether oxygens (including phenoxy) is 1. The minimum atomic E-state index is -0.581. The monoisotopic (exact) mass is 258 g/mol. The van der Waals surface area contributed by atoms with Crippen molar-refractivity contribution in [1.29, 1.82) is 0 Å². The van der Waals surface area contributed by atoms with E-state index in [9.17, 15) is 9.50 Å². The minimum Gasteiger partial charge on any atom is -0.390 e. The fraction of sp³-hybridized carbons (Fsp3) is 0.538. The van der Waals surface area contributed by atoms with Gasteiger partial charge in [-0.05, 0) is 37.5 Å². The summed E-state index contributed by atoms with van der Waals surface area (Å²) in [7, 11) is 0. The second-order valence-corrected chi connectivity index (χ2v) is 4.98. The predicted molar refractivity (Wildman–Crippen MR) is 64.7 cm³/mol. The van der Waals surface area contributed by atoms with Gasteiger partial charge in [-0.15, -0.1) is 0 Å². The molecule has 0 saturated carbocycles. The van der Waals surface area contributed by atoms with Crippen LogP contribution in [0.3, 0.4) is 0 Å². The maximum absolute atomic E-state index is 12.9. The van der Waals surface area contributed by atoms with E-state index in [1.807, 2.05) is 6.92 Å². The van der Waals surface area contributed by atoms with Crippen LogP contribution in [0, 0.1) is 5.82 Å². The van der Waals surface area contributed by atoms with Crippen LogP contribution in [0.4, 0.5) is 4.39 Å². The summed E-state index contributed by atoms with van der Waals surface area (Å²) >= 11 is 5.92. The molecule has 0 aliphatic carbocycles. The number of aliphatic hydroxyl groups excluding tert-OH is 1. The molecule has 0 amide bonds. The first kappa shape index (κ1) is 12.8. The van der Waals surface area contributed by atoms with Crippen LogP contribution in [0.5, 0.6) is 0 Å². The van der Waals surface area contributed by atoms with E-state index in [1.165, 1.54) is 12.1 Å². The van der Waals surface area contributed by atoms with Crippen LogP contribution >= 0.6 is 11.6 Å². The maximum atomic E-state index is 12.9. The number of aliphatic hydroxyl groups is 1. The van der Waals surface area contributed by atoms with Crippen molar-refractivity contribution in [3.63, 3.8) is 0 Å². The molecule has 4 heteroatoms. The standard InChI is InChI=1S/C13H16ClFO2/c1-8-2-5-13(17-8)12(16)6-9-3-4-10(15)7-11(9)14/h3-4,7-8,12-13,16H,2,5-6H2,1H3. The Kier molecular flexibility index (Phi) is 4.02. The Balaban J connectivity index is 2.00. The number of halogens is 2. The van der Waals surface area contributed by atoms with Crippen molar-refractivity contribution in [1.82, 2.24) is 0 Å². The molecular formula is C13H16ClFO2. The fourth-order valence-electron chi connectivity index (χ4n) is 2.16. The van der Waals surface area contributed by atoms with E-state index in [-0.39, 0.29) is 18.0 Å². The van der Waals surface area contributed by atoms with Gasteiger partial charge in [0.15, 0.2) is 0 Å². The van der Waals surface area contributed by atoms with Gasteiger partial charge in [0.1, 0.15) is 5.82 Å². The lowest BCUT2D eigenvalue weighted by Crippen LogP contribution is -2.28. The largest absolute Gasteiger partial charge is 0.390 e. The summed E-state index contributed by atoms with van der Waals surface area (Å²) in [5.74, 6) is -0.362. The third kappa shape index (κ3) is 3.18. The van der Waals surface area contributed by atoms with Gasteiger partial charge in [0.2, 0.25) is 0 Å². The van der Waals surface area contributed by atoms with Gasteiger partial charge < -0.3 is 9.84 Å². The molecule has 94 valence electrons. The first-order valence-corrected chi connectivity index (χ1v) is 6.21. The first-order chi connectivity index (χ1) is 8.06. The topological polar surface area (TPSA) is 29.5 Å². The van der Waals surface area contributed by atoms with Gasteiger partial charge in [0.25, 0.3) is 0 Å². The number of hydrogen-bond donors (Lipinski definition) is 1. The van der Waals surface area contributed by atoms with Gasteiger partial charge in [-0.25, -0.2) is 4.39 Å². The van der Waals surface area contributed by atoms with Crippen molar-refractivity contribution < 1.29 is 14.2 Å². The highest BCUT2D eigenvalue weighted by Crippen LogP contribution is 2.25. The molecule has 3 unspecified atom stereocenters. The number of benzene rings is 1. The Labute approximate surface area is 105 Å². The van der Waals surface area contributed by atoms with Crippen molar-refractivity contribution in [2.24, 2.45) is 0 Å². The molecule has 1 aromatic rings. The molecule has 0 spiro atoms. The van der Waals surface area contributed by atoms with Crippen LogP contribution in [0.2, 0.25) is 5.02 Å². The number of hydrogen-bond acceptors (Lipinski definition) is 2. The van der Waals surface area contributed by atoms with Crippen LogP contribution < -0.4 is 0 Å². The van der Waals surface area contributed by atoms with Crippen LogP contribution in [-0.4, -0.2) is 23.4 Å². The van der Waals surface area contributed by atoms with E-state index in [0.717, 1.165) is 18.4 Å². The molecule has 1 fully saturated rings. The summed E-state index contributed by atoms with van der Waals surface area (Å²) in [6, 6.07) is 4.23. The van der Waals surface area contributed by atoms with Gasteiger partial charge in [-0.1, -0.05) is 17.7 Å². The van der Waals surface area contributed by atoms with Crippen molar-refractivity contribution in [3.05, 3.63) is 34.6 Å². The lowest BCUT2D eigenvalue weighted by atomic mass is 10.0. The highest BCUT2D eigenvalue weighted by molar-refractivity contribution is 6.31. The molecule has 1 aromatic carbocycles. The summed E-state index contributed by atoms with van der Waals surface area (Å²) < 4.78 is 18.5.